The molecule has 1 amide bonds. The van der Waals surface area contributed by atoms with E-state index in [2.05, 4.69) is 25.6 Å². The Balaban J connectivity index is 2.13. The number of aromatic amines is 1. The van der Waals surface area contributed by atoms with Crippen molar-refractivity contribution in [3.63, 3.8) is 0 Å². The number of benzene rings is 1. The van der Waals surface area contributed by atoms with Crippen molar-refractivity contribution in [2.45, 2.75) is 118 Å². The fraction of sp³-hybridized carbons (Fsp3) is 0.606. The Morgan fingerprint density at radius 2 is 1.42 bits per heavy atom. The predicted octanol–water partition coefficient (Wildman–Crippen LogP) is 2.63. The van der Waals surface area contributed by atoms with Crippen LogP contribution >= 0.6 is 0 Å². The van der Waals surface area contributed by atoms with Gasteiger partial charge in [0.15, 0.2) is 11.5 Å². The van der Waals surface area contributed by atoms with Crippen LogP contribution in [0.5, 0.6) is 0 Å². The molecule has 0 aromatic heterocycles. The van der Waals surface area contributed by atoms with Gasteiger partial charge in [-0.25, -0.2) is 19.4 Å². The molecule has 48 heavy (non-hydrogen) atoms. The van der Waals surface area contributed by atoms with Gasteiger partial charge in [-0.2, -0.15) is 4.98 Å². The Bertz CT molecular complexity index is 1740. The lowest BCUT2D eigenvalue weighted by atomic mass is 10.1. The van der Waals surface area contributed by atoms with Crippen LogP contribution in [0, 0.1) is 13.8 Å². The zero-order chi connectivity index (χ0) is 36.4. The minimum atomic E-state index is -1.21. The van der Waals surface area contributed by atoms with Crippen LogP contribution in [0.15, 0.2) is 21.7 Å². The second kappa shape index (κ2) is 14.4. The van der Waals surface area contributed by atoms with E-state index in [-0.39, 0.29) is 31.0 Å². The Morgan fingerprint density at radius 1 is 0.854 bits per heavy atom. The predicted molar refractivity (Wildman–Crippen MR) is 180 cm³/mol. The van der Waals surface area contributed by atoms with Gasteiger partial charge in [-0.1, -0.05) is 0 Å². The van der Waals surface area contributed by atoms with Crippen molar-refractivity contribution in [3.05, 3.63) is 44.1 Å². The van der Waals surface area contributed by atoms with Crippen LogP contribution in [0.25, 0.3) is 22.6 Å². The number of nitrogens with one attached hydrogen (secondary N) is 3. The van der Waals surface area contributed by atoms with Gasteiger partial charge in [0, 0.05) is 19.1 Å². The highest BCUT2D eigenvalue weighted by Crippen LogP contribution is 2.29. The van der Waals surface area contributed by atoms with E-state index in [1.165, 1.54) is 4.57 Å². The van der Waals surface area contributed by atoms with Crippen LogP contribution < -0.4 is 27.6 Å². The molecule has 15 nitrogen and oxygen atoms in total. The number of aryl methyl sites for hydroxylation is 2. The average molecular weight is 672 g/mol. The molecule has 5 N–H and O–H groups in total. The number of hydrogen-bond acceptors (Lipinski definition) is 12. The van der Waals surface area contributed by atoms with Gasteiger partial charge < -0.3 is 35.1 Å². The number of carbonyl (C=O) groups is 3. The standard InChI is InChI=1S/C33H49N7O8/c1-17-12-21-22(13-18(17)2)40(25-24(37-21)26(41)39-29(44)38-25)23(28(43)47-32(6,7)8)16-35-19(15-36-30(45)48-33(9,10)11)14-20(34)27(42)46-31(3,4)5/h12-13,19-20,23,35H,14-16,34H2,1-11H3,(H,36,45)(H,39,41,44). The highest BCUT2D eigenvalue weighted by atomic mass is 16.6. The fourth-order valence-electron chi connectivity index (χ4n) is 4.79. The van der Waals surface area contributed by atoms with Gasteiger partial charge >= 0.3 is 23.7 Å². The van der Waals surface area contributed by atoms with Gasteiger partial charge in [-0.3, -0.25) is 14.6 Å². The molecule has 0 fully saturated rings. The summed E-state index contributed by atoms with van der Waals surface area (Å²) in [5.41, 5.74) is 4.55. The van der Waals surface area contributed by atoms with E-state index in [9.17, 15) is 24.0 Å². The van der Waals surface area contributed by atoms with E-state index >= 15 is 0 Å². The molecule has 3 atom stereocenters. The summed E-state index contributed by atoms with van der Waals surface area (Å²) in [6, 6.07) is 0.571. The lowest BCUT2D eigenvalue weighted by molar-refractivity contribution is -0.159. The lowest BCUT2D eigenvalue weighted by Crippen LogP contribution is -2.50. The molecule has 3 unspecified atom stereocenters. The molecule has 2 heterocycles. The van der Waals surface area contributed by atoms with Crippen molar-refractivity contribution >= 4 is 29.1 Å². The highest BCUT2D eigenvalue weighted by molar-refractivity contribution is 5.85. The topological polar surface area (TPSA) is 210 Å². The summed E-state index contributed by atoms with van der Waals surface area (Å²) >= 11 is 0. The first-order valence-electron chi connectivity index (χ1n) is 15.8. The number of rotatable bonds is 10. The van der Waals surface area contributed by atoms with Gasteiger partial charge in [-0.15, -0.1) is 0 Å². The smallest absolute Gasteiger partial charge is 0.407 e. The van der Waals surface area contributed by atoms with E-state index in [1.54, 1.807) is 74.4 Å². The molecule has 2 aliphatic heterocycles. The number of nitrogens with two attached hydrogens (primary N) is 1. The average Bonchev–Trinajstić information content (AvgIpc) is 2.89. The third kappa shape index (κ3) is 10.6. The normalized spacial score (nSPS) is 14.3. The summed E-state index contributed by atoms with van der Waals surface area (Å²) in [6.07, 6.45) is -0.698. The Kier molecular flexibility index (Phi) is 11.4. The number of alkyl carbamates (subject to hydrolysis) is 1. The van der Waals surface area contributed by atoms with Crippen molar-refractivity contribution in [2.24, 2.45) is 5.73 Å². The number of carbonyl (C=O) groups excluding carboxylic acids is 3. The molecule has 3 rings (SSSR count). The summed E-state index contributed by atoms with van der Waals surface area (Å²) < 4.78 is 18.1. The van der Waals surface area contributed by atoms with E-state index in [1.807, 2.05) is 13.8 Å². The highest BCUT2D eigenvalue weighted by Gasteiger charge is 2.34. The SMILES string of the molecule is Cc1cc2nc3c(=O)[nH]c(=O)nc-3n(C(CNC(CNC(=O)OC(C)(C)C)CC(N)C(=O)OC(C)(C)C)C(=O)OC(C)(C)C)c2cc1C. The van der Waals surface area contributed by atoms with Gasteiger partial charge in [0.1, 0.15) is 28.9 Å². The van der Waals surface area contributed by atoms with Crippen molar-refractivity contribution < 1.29 is 28.6 Å². The zero-order valence-corrected chi connectivity index (χ0v) is 29.7. The number of ether oxygens (including phenoxy) is 3. The van der Waals surface area contributed by atoms with Crippen molar-refractivity contribution in [1.29, 1.82) is 0 Å². The number of esters is 2. The Morgan fingerprint density at radius 3 is 2.00 bits per heavy atom. The minimum absolute atomic E-state index is 0.00478. The van der Waals surface area contributed by atoms with Crippen LogP contribution in [0.2, 0.25) is 0 Å². The molecule has 0 radical (unpaired) electrons. The Labute approximate surface area is 279 Å². The molecule has 0 saturated carbocycles. The summed E-state index contributed by atoms with van der Waals surface area (Å²) in [5.74, 6) is -1.46. The number of hydrogen-bond donors (Lipinski definition) is 4. The summed E-state index contributed by atoms with van der Waals surface area (Å²) in [5, 5.41) is 5.93. The summed E-state index contributed by atoms with van der Waals surface area (Å²) in [7, 11) is 0. The van der Waals surface area contributed by atoms with Crippen LogP contribution in [0.4, 0.5) is 4.79 Å². The van der Waals surface area contributed by atoms with Gasteiger partial charge in [-0.05, 0) is 106 Å². The largest absolute Gasteiger partial charge is 0.459 e. The fourth-order valence-corrected chi connectivity index (χ4v) is 4.79. The molecule has 264 valence electrons. The molecule has 0 saturated heterocycles. The van der Waals surface area contributed by atoms with Crippen LogP contribution in [0.1, 0.15) is 85.9 Å². The second-order valence-corrected chi connectivity index (χ2v) is 14.9. The lowest BCUT2D eigenvalue weighted by Gasteiger charge is -2.30. The molecule has 1 aromatic carbocycles. The monoisotopic (exact) mass is 671 g/mol. The second-order valence-electron chi connectivity index (χ2n) is 14.9. The van der Waals surface area contributed by atoms with Crippen LogP contribution in [-0.4, -0.2) is 79.5 Å². The number of nitrogens with zero attached hydrogens (tertiary/aromatic N) is 3. The number of aromatic nitrogens is 4. The molecule has 15 heteroatoms. The first kappa shape index (κ1) is 38.1. The summed E-state index contributed by atoms with van der Waals surface area (Å²) in [6.45, 7) is 19.0. The van der Waals surface area contributed by atoms with Gasteiger partial charge in [0.05, 0.1) is 11.0 Å². The molecule has 2 aliphatic rings. The van der Waals surface area contributed by atoms with Crippen molar-refractivity contribution in [2.75, 3.05) is 13.1 Å². The molecular formula is C33H49N7O8. The molecular weight excluding hydrogens is 622 g/mol. The van der Waals surface area contributed by atoms with E-state index in [0.717, 1.165) is 11.1 Å². The van der Waals surface area contributed by atoms with Crippen molar-refractivity contribution in [3.8, 4) is 11.5 Å². The van der Waals surface area contributed by atoms with Gasteiger partial charge in [0.2, 0.25) is 0 Å². The first-order chi connectivity index (χ1) is 21.9. The molecule has 0 aliphatic carbocycles. The third-order valence-corrected chi connectivity index (χ3v) is 6.90. The number of amides is 1. The quantitative estimate of drug-likeness (QED) is 0.139. The third-order valence-electron chi connectivity index (χ3n) is 6.90. The van der Waals surface area contributed by atoms with E-state index in [0.29, 0.717) is 11.0 Å². The molecule has 1 aromatic rings. The molecule has 0 bridgehead atoms. The Hall–Kier alpha value is -4.37. The van der Waals surface area contributed by atoms with Crippen LogP contribution in [-0.2, 0) is 23.8 Å². The minimum Gasteiger partial charge on any atom is -0.459 e. The van der Waals surface area contributed by atoms with Gasteiger partial charge in [0.25, 0.3) is 5.56 Å². The summed E-state index contributed by atoms with van der Waals surface area (Å²) in [4.78, 5) is 75.5. The maximum Gasteiger partial charge on any atom is 0.407 e. The number of fused-ring (bicyclic) bond motifs is 2. The molecule has 0 spiro atoms. The van der Waals surface area contributed by atoms with E-state index in [4.69, 9.17) is 19.9 Å². The van der Waals surface area contributed by atoms with Crippen LogP contribution in [0.3, 0.4) is 0 Å². The zero-order valence-electron chi connectivity index (χ0n) is 29.7. The maximum atomic E-state index is 14.0. The maximum absolute atomic E-state index is 14.0. The number of H-pyrrole nitrogens is 1. The van der Waals surface area contributed by atoms with Crippen molar-refractivity contribution in [1.82, 2.24) is 30.2 Å². The van der Waals surface area contributed by atoms with E-state index < -0.39 is 64.2 Å². The first-order valence-corrected chi connectivity index (χ1v) is 15.8.